The number of sulfonamides is 1. The number of benzene rings is 3. The van der Waals surface area contributed by atoms with Gasteiger partial charge < -0.3 is 5.32 Å². The molecule has 1 atom stereocenters. The molecule has 0 fully saturated rings. The van der Waals surface area contributed by atoms with Crippen molar-refractivity contribution in [1.82, 2.24) is 5.32 Å². The van der Waals surface area contributed by atoms with E-state index in [1.165, 1.54) is 6.07 Å². The predicted octanol–water partition coefficient (Wildman–Crippen LogP) is 4.90. The number of rotatable bonds is 6. The highest BCUT2D eigenvalue weighted by Crippen LogP contribution is 2.24. The van der Waals surface area contributed by atoms with Crippen molar-refractivity contribution in [1.29, 1.82) is 0 Å². The lowest BCUT2D eigenvalue weighted by Crippen LogP contribution is -2.27. The number of nitrogens with one attached hydrogen (secondary N) is 2. The minimum atomic E-state index is -3.85. The quantitative estimate of drug-likeness (QED) is 0.593. The summed E-state index contributed by atoms with van der Waals surface area (Å²) in [5, 5.41) is 2.92. The van der Waals surface area contributed by atoms with E-state index in [-0.39, 0.29) is 16.8 Å². The molecule has 156 valence electrons. The van der Waals surface area contributed by atoms with Crippen molar-refractivity contribution in [3.8, 4) is 0 Å². The summed E-state index contributed by atoms with van der Waals surface area (Å²) in [5.74, 6) is -0.325. The van der Waals surface area contributed by atoms with Crippen LogP contribution in [0.2, 0.25) is 0 Å². The molecule has 6 heteroatoms. The molecule has 0 radical (unpaired) electrons. The molecule has 30 heavy (non-hydrogen) atoms. The lowest BCUT2D eigenvalue weighted by molar-refractivity contribution is 0.0939. The van der Waals surface area contributed by atoms with Gasteiger partial charge in [0.25, 0.3) is 15.9 Å². The Labute approximate surface area is 178 Å². The Kier molecular flexibility index (Phi) is 6.27. The highest BCUT2D eigenvalue weighted by Gasteiger charge is 2.21. The van der Waals surface area contributed by atoms with Gasteiger partial charge in [-0.1, -0.05) is 48.5 Å². The lowest BCUT2D eigenvalue weighted by Gasteiger charge is -2.16. The van der Waals surface area contributed by atoms with Crippen LogP contribution in [0.15, 0.2) is 71.6 Å². The molecule has 5 nitrogen and oxygen atoms in total. The van der Waals surface area contributed by atoms with Crippen molar-refractivity contribution >= 4 is 21.6 Å². The van der Waals surface area contributed by atoms with Gasteiger partial charge in [0.1, 0.15) is 0 Å². The van der Waals surface area contributed by atoms with Crippen LogP contribution in [0, 0.1) is 20.8 Å². The van der Waals surface area contributed by atoms with Crippen LogP contribution in [0.4, 0.5) is 5.69 Å². The summed E-state index contributed by atoms with van der Waals surface area (Å²) in [6, 6.07) is 19.7. The number of carbonyl (C=O) groups is 1. The molecule has 0 bridgehead atoms. The van der Waals surface area contributed by atoms with Gasteiger partial charge in [-0.05, 0) is 68.1 Å². The minimum Gasteiger partial charge on any atom is -0.346 e. The largest absolute Gasteiger partial charge is 0.346 e. The first-order valence-electron chi connectivity index (χ1n) is 9.74. The molecule has 2 N–H and O–H groups in total. The minimum absolute atomic E-state index is 0.0865. The number of anilines is 1. The molecular weight excluding hydrogens is 396 g/mol. The predicted molar refractivity (Wildman–Crippen MR) is 120 cm³/mol. The normalized spacial score (nSPS) is 12.3. The number of hydrogen-bond donors (Lipinski definition) is 2. The van der Waals surface area contributed by atoms with Crippen LogP contribution in [-0.2, 0) is 10.0 Å². The van der Waals surface area contributed by atoms with Crippen LogP contribution < -0.4 is 10.0 Å². The number of amides is 1. The van der Waals surface area contributed by atoms with Crippen molar-refractivity contribution in [3.05, 3.63) is 94.5 Å². The second-order valence-corrected chi connectivity index (χ2v) is 9.16. The Bertz CT molecular complexity index is 1170. The van der Waals surface area contributed by atoms with Crippen LogP contribution in [0.3, 0.4) is 0 Å². The highest BCUT2D eigenvalue weighted by atomic mass is 32.2. The van der Waals surface area contributed by atoms with Gasteiger partial charge in [0.15, 0.2) is 0 Å². The van der Waals surface area contributed by atoms with Crippen LogP contribution in [-0.4, -0.2) is 14.3 Å². The summed E-state index contributed by atoms with van der Waals surface area (Å²) in [5.41, 5.74) is 4.15. The zero-order valence-electron chi connectivity index (χ0n) is 17.6. The van der Waals surface area contributed by atoms with E-state index in [2.05, 4.69) is 10.0 Å². The third-order valence-electron chi connectivity index (χ3n) is 5.02. The number of hydrogen-bond acceptors (Lipinski definition) is 3. The zero-order chi connectivity index (χ0) is 21.9. The van der Waals surface area contributed by atoms with E-state index in [0.29, 0.717) is 16.8 Å². The summed E-state index contributed by atoms with van der Waals surface area (Å²) < 4.78 is 28.8. The van der Waals surface area contributed by atoms with Crippen LogP contribution in [0.5, 0.6) is 0 Å². The average molecular weight is 423 g/mol. The molecule has 0 saturated carbocycles. The van der Waals surface area contributed by atoms with E-state index >= 15 is 0 Å². The fourth-order valence-corrected chi connectivity index (χ4v) is 4.57. The second kappa shape index (κ2) is 8.71. The summed E-state index contributed by atoms with van der Waals surface area (Å²) in [6.45, 7) is 7.35. The molecule has 0 aliphatic carbocycles. The molecule has 0 unspecified atom stereocenters. The third-order valence-corrected chi connectivity index (χ3v) is 6.53. The summed E-state index contributed by atoms with van der Waals surface area (Å²) >= 11 is 0. The maximum atomic E-state index is 13.1. The smallest absolute Gasteiger partial charge is 0.262 e. The Hall–Kier alpha value is -3.12. The van der Waals surface area contributed by atoms with Crippen molar-refractivity contribution in [3.63, 3.8) is 0 Å². The van der Waals surface area contributed by atoms with Crippen molar-refractivity contribution in [2.24, 2.45) is 0 Å². The van der Waals surface area contributed by atoms with Gasteiger partial charge in [-0.15, -0.1) is 0 Å². The standard InChI is InChI=1S/C24H26N2O3S/c1-16-10-11-17(2)22(14-16)26-30(28,29)23-15-21(13-12-18(23)3)24(27)25-19(4)20-8-6-5-7-9-20/h5-15,19,26H,1-4H3,(H,25,27)/t19-/m1/s1. The molecule has 0 aliphatic rings. The van der Waals surface area contributed by atoms with E-state index < -0.39 is 10.0 Å². The number of aryl methyl sites for hydroxylation is 3. The van der Waals surface area contributed by atoms with Gasteiger partial charge in [0, 0.05) is 5.56 Å². The van der Waals surface area contributed by atoms with Gasteiger partial charge >= 0.3 is 0 Å². The molecule has 3 aromatic carbocycles. The second-order valence-electron chi connectivity index (χ2n) is 7.51. The van der Waals surface area contributed by atoms with E-state index in [4.69, 9.17) is 0 Å². The van der Waals surface area contributed by atoms with E-state index in [1.807, 2.05) is 63.2 Å². The van der Waals surface area contributed by atoms with E-state index in [0.717, 1.165) is 16.7 Å². The first-order chi connectivity index (χ1) is 14.2. The topological polar surface area (TPSA) is 75.3 Å². The van der Waals surface area contributed by atoms with Crippen molar-refractivity contribution < 1.29 is 13.2 Å². The van der Waals surface area contributed by atoms with Gasteiger partial charge in [0.2, 0.25) is 0 Å². The van der Waals surface area contributed by atoms with Crippen molar-refractivity contribution in [2.75, 3.05) is 4.72 Å². The average Bonchev–Trinajstić information content (AvgIpc) is 2.71. The van der Waals surface area contributed by atoms with Gasteiger partial charge in [-0.3, -0.25) is 9.52 Å². The lowest BCUT2D eigenvalue weighted by atomic mass is 10.1. The van der Waals surface area contributed by atoms with E-state index in [9.17, 15) is 13.2 Å². The third kappa shape index (κ3) is 4.89. The first-order valence-corrected chi connectivity index (χ1v) is 11.2. The number of carbonyl (C=O) groups excluding carboxylic acids is 1. The molecule has 0 saturated heterocycles. The maximum absolute atomic E-state index is 13.1. The van der Waals surface area contributed by atoms with Crippen molar-refractivity contribution in [2.45, 2.75) is 38.6 Å². The molecule has 0 aromatic heterocycles. The van der Waals surface area contributed by atoms with Gasteiger partial charge in [-0.25, -0.2) is 8.42 Å². The summed E-state index contributed by atoms with van der Waals surface area (Å²) in [6.07, 6.45) is 0. The van der Waals surface area contributed by atoms with Crippen LogP contribution >= 0.6 is 0 Å². The highest BCUT2D eigenvalue weighted by molar-refractivity contribution is 7.92. The SMILES string of the molecule is Cc1ccc(C)c(NS(=O)(=O)c2cc(C(=O)N[C@H](C)c3ccccc3)ccc2C)c1. The van der Waals surface area contributed by atoms with Gasteiger partial charge in [-0.2, -0.15) is 0 Å². The van der Waals surface area contributed by atoms with Crippen LogP contribution in [0.1, 0.15) is 45.6 Å². The zero-order valence-corrected chi connectivity index (χ0v) is 18.4. The Morgan fingerprint density at radius 1 is 0.867 bits per heavy atom. The van der Waals surface area contributed by atoms with Gasteiger partial charge in [0.05, 0.1) is 16.6 Å². The molecule has 3 rings (SSSR count). The molecule has 0 heterocycles. The molecule has 1 amide bonds. The summed E-state index contributed by atoms with van der Waals surface area (Å²) in [7, 11) is -3.85. The first kappa shape index (κ1) is 21.6. The Morgan fingerprint density at radius 2 is 1.53 bits per heavy atom. The fourth-order valence-electron chi connectivity index (χ4n) is 3.18. The monoisotopic (exact) mass is 422 g/mol. The Morgan fingerprint density at radius 3 is 2.23 bits per heavy atom. The summed E-state index contributed by atoms with van der Waals surface area (Å²) in [4.78, 5) is 12.8. The van der Waals surface area contributed by atoms with Crippen LogP contribution in [0.25, 0.3) is 0 Å². The maximum Gasteiger partial charge on any atom is 0.262 e. The molecule has 0 spiro atoms. The molecular formula is C24H26N2O3S. The Balaban J connectivity index is 1.87. The molecule has 3 aromatic rings. The van der Waals surface area contributed by atoms with E-state index in [1.54, 1.807) is 25.1 Å². The fraction of sp³-hybridized carbons (Fsp3) is 0.208. The molecule has 0 aliphatic heterocycles.